The number of aryl methyl sites for hydroxylation is 1. The molecule has 35 heavy (non-hydrogen) atoms. The third-order valence-corrected chi connectivity index (χ3v) is 7.17. The van der Waals surface area contributed by atoms with Gasteiger partial charge in [-0.05, 0) is 69.5 Å². The van der Waals surface area contributed by atoms with E-state index in [0.29, 0.717) is 57.4 Å². The van der Waals surface area contributed by atoms with Gasteiger partial charge >= 0.3 is 6.03 Å². The summed E-state index contributed by atoms with van der Waals surface area (Å²) in [5.74, 6) is -0.919. The Morgan fingerprint density at radius 1 is 1.09 bits per heavy atom. The van der Waals surface area contributed by atoms with Gasteiger partial charge in [-0.1, -0.05) is 36.4 Å². The standard InChI is InChI=1S/C27H33FN4O3/c1-30(2)17-18-32-25(34)27(29-26(32)35,14-11-20-7-4-3-5-8-20)22-12-15-31(16-13-22)24(33)21-9-6-10-23(28)19-21/h3-10,19,22H,11-18H2,1-2H3,(H,29,35)/t27-/m0/s1. The predicted octanol–water partition coefficient (Wildman–Crippen LogP) is 3.16. The Labute approximate surface area is 205 Å². The monoisotopic (exact) mass is 480 g/mol. The molecule has 2 aliphatic rings. The first-order valence-electron chi connectivity index (χ1n) is 12.2. The molecule has 1 atom stereocenters. The molecule has 0 unspecified atom stereocenters. The molecular weight excluding hydrogens is 447 g/mol. The Bertz CT molecular complexity index is 1070. The van der Waals surface area contributed by atoms with E-state index >= 15 is 0 Å². The average molecular weight is 481 g/mol. The van der Waals surface area contributed by atoms with E-state index < -0.39 is 11.4 Å². The van der Waals surface area contributed by atoms with Gasteiger partial charge in [0, 0.05) is 31.7 Å². The number of urea groups is 1. The van der Waals surface area contributed by atoms with Gasteiger partial charge in [-0.15, -0.1) is 0 Å². The molecule has 1 N–H and O–H groups in total. The van der Waals surface area contributed by atoms with Crippen LogP contribution in [-0.4, -0.2) is 78.4 Å². The zero-order valence-corrected chi connectivity index (χ0v) is 20.4. The van der Waals surface area contributed by atoms with Crippen LogP contribution in [-0.2, 0) is 11.2 Å². The van der Waals surface area contributed by atoms with Crippen LogP contribution in [0.2, 0.25) is 0 Å². The molecule has 2 saturated heterocycles. The predicted molar refractivity (Wildman–Crippen MR) is 131 cm³/mol. The van der Waals surface area contributed by atoms with Crippen molar-refractivity contribution >= 4 is 17.8 Å². The van der Waals surface area contributed by atoms with Crippen molar-refractivity contribution in [3.63, 3.8) is 0 Å². The van der Waals surface area contributed by atoms with Gasteiger partial charge in [0.05, 0.1) is 0 Å². The number of imide groups is 1. The Hall–Kier alpha value is -3.26. The molecule has 0 radical (unpaired) electrons. The molecule has 0 aromatic heterocycles. The highest BCUT2D eigenvalue weighted by atomic mass is 19.1. The lowest BCUT2D eigenvalue weighted by Gasteiger charge is -2.41. The van der Waals surface area contributed by atoms with Crippen molar-refractivity contribution < 1.29 is 18.8 Å². The first-order chi connectivity index (χ1) is 16.8. The highest BCUT2D eigenvalue weighted by Gasteiger charge is 2.55. The average Bonchev–Trinajstić information content (AvgIpc) is 3.11. The van der Waals surface area contributed by atoms with Crippen LogP contribution in [0.15, 0.2) is 54.6 Å². The van der Waals surface area contributed by atoms with Crippen molar-refractivity contribution in [2.45, 2.75) is 31.2 Å². The number of piperidine rings is 1. The minimum Gasteiger partial charge on any atom is -0.339 e. The van der Waals surface area contributed by atoms with Crippen LogP contribution in [0.25, 0.3) is 0 Å². The molecule has 0 saturated carbocycles. The van der Waals surface area contributed by atoms with Gasteiger partial charge in [0.2, 0.25) is 0 Å². The number of carbonyl (C=O) groups is 3. The number of amides is 4. The highest BCUT2D eigenvalue weighted by Crippen LogP contribution is 2.37. The molecule has 0 bridgehead atoms. The molecule has 2 aliphatic heterocycles. The maximum atomic E-state index is 13.7. The number of nitrogens with one attached hydrogen (secondary N) is 1. The number of rotatable bonds is 8. The second-order valence-electron chi connectivity index (χ2n) is 9.72. The van der Waals surface area contributed by atoms with Crippen molar-refractivity contribution in [3.8, 4) is 0 Å². The van der Waals surface area contributed by atoms with Crippen molar-refractivity contribution in [3.05, 3.63) is 71.5 Å². The number of likely N-dealkylation sites (N-methyl/N-ethyl adjacent to an activating group) is 1. The smallest absolute Gasteiger partial charge is 0.325 e. The van der Waals surface area contributed by atoms with Crippen LogP contribution in [0, 0.1) is 11.7 Å². The van der Waals surface area contributed by atoms with Crippen molar-refractivity contribution in [1.82, 2.24) is 20.0 Å². The minimum absolute atomic E-state index is 0.0939. The quantitative estimate of drug-likeness (QED) is 0.589. The number of nitrogens with zero attached hydrogens (tertiary/aromatic N) is 3. The SMILES string of the molecule is CN(C)CCN1C(=O)N[C@@](CCc2ccccc2)(C2CCN(C(=O)c3cccc(F)c3)CC2)C1=O. The fraction of sp³-hybridized carbons (Fsp3) is 0.444. The molecule has 2 aromatic carbocycles. The lowest BCUT2D eigenvalue weighted by Crippen LogP contribution is -2.57. The van der Waals surface area contributed by atoms with Crippen molar-refractivity contribution in [2.24, 2.45) is 5.92 Å². The van der Waals surface area contributed by atoms with Crippen LogP contribution < -0.4 is 5.32 Å². The molecule has 186 valence electrons. The molecule has 0 aliphatic carbocycles. The lowest BCUT2D eigenvalue weighted by molar-refractivity contribution is -0.134. The number of halogens is 1. The van der Waals surface area contributed by atoms with E-state index in [1.54, 1.807) is 11.0 Å². The van der Waals surface area contributed by atoms with E-state index in [0.717, 1.165) is 5.56 Å². The number of hydrogen-bond donors (Lipinski definition) is 1. The Morgan fingerprint density at radius 3 is 2.46 bits per heavy atom. The van der Waals surface area contributed by atoms with Crippen LogP contribution >= 0.6 is 0 Å². The Balaban J connectivity index is 1.51. The van der Waals surface area contributed by atoms with Crippen molar-refractivity contribution in [1.29, 1.82) is 0 Å². The minimum atomic E-state index is -0.993. The zero-order chi connectivity index (χ0) is 25.0. The Morgan fingerprint density at radius 2 is 1.80 bits per heavy atom. The third kappa shape index (κ3) is 5.37. The molecule has 7 nitrogen and oxygen atoms in total. The molecule has 8 heteroatoms. The fourth-order valence-corrected chi connectivity index (χ4v) is 5.16. The van der Waals surface area contributed by atoms with Crippen LogP contribution in [0.1, 0.15) is 35.2 Å². The van der Waals surface area contributed by atoms with Crippen LogP contribution in [0.4, 0.5) is 9.18 Å². The largest absolute Gasteiger partial charge is 0.339 e. The normalized spacial score (nSPS) is 21.0. The van der Waals surface area contributed by atoms with Crippen LogP contribution in [0.3, 0.4) is 0 Å². The summed E-state index contributed by atoms with van der Waals surface area (Å²) in [6.07, 6.45) is 2.34. The summed E-state index contributed by atoms with van der Waals surface area (Å²) in [5, 5.41) is 3.08. The van der Waals surface area contributed by atoms with E-state index in [1.165, 1.54) is 23.1 Å². The molecular formula is C27H33FN4O3. The topological polar surface area (TPSA) is 73.0 Å². The summed E-state index contributed by atoms with van der Waals surface area (Å²) in [7, 11) is 3.82. The first-order valence-corrected chi connectivity index (χ1v) is 12.2. The molecule has 0 spiro atoms. The second-order valence-corrected chi connectivity index (χ2v) is 9.72. The Kier molecular flexibility index (Phi) is 7.50. The van der Waals surface area contributed by atoms with Gasteiger partial charge in [-0.2, -0.15) is 0 Å². The van der Waals surface area contributed by atoms with E-state index in [2.05, 4.69) is 5.32 Å². The zero-order valence-electron chi connectivity index (χ0n) is 20.4. The van der Waals surface area contributed by atoms with Gasteiger partial charge < -0.3 is 15.1 Å². The highest BCUT2D eigenvalue weighted by molar-refractivity contribution is 6.07. The summed E-state index contributed by atoms with van der Waals surface area (Å²) in [6, 6.07) is 15.3. The lowest BCUT2D eigenvalue weighted by atomic mass is 9.74. The summed E-state index contributed by atoms with van der Waals surface area (Å²) in [5.41, 5.74) is 0.439. The summed E-state index contributed by atoms with van der Waals surface area (Å²) < 4.78 is 13.6. The fourth-order valence-electron chi connectivity index (χ4n) is 5.16. The van der Waals surface area contributed by atoms with Crippen molar-refractivity contribution in [2.75, 3.05) is 40.3 Å². The maximum absolute atomic E-state index is 13.7. The molecule has 2 fully saturated rings. The molecule has 4 rings (SSSR count). The van der Waals surface area contributed by atoms with E-state index in [-0.39, 0.29) is 23.8 Å². The van der Waals surface area contributed by atoms with E-state index in [4.69, 9.17) is 0 Å². The first kappa shape index (κ1) is 24.9. The van der Waals surface area contributed by atoms with Gasteiger partial charge in [-0.25, -0.2) is 9.18 Å². The second kappa shape index (κ2) is 10.6. The van der Waals surface area contributed by atoms with Gasteiger partial charge in [0.25, 0.3) is 11.8 Å². The molecule has 2 aromatic rings. The van der Waals surface area contributed by atoms with E-state index in [1.807, 2.05) is 49.3 Å². The van der Waals surface area contributed by atoms with Gasteiger partial charge in [0.1, 0.15) is 11.4 Å². The summed E-state index contributed by atoms with van der Waals surface area (Å²) in [4.78, 5) is 44.6. The number of benzene rings is 2. The number of hydrogen-bond acceptors (Lipinski definition) is 4. The third-order valence-electron chi connectivity index (χ3n) is 7.17. The van der Waals surface area contributed by atoms with Crippen LogP contribution in [0.5, 0.6) is 0 Å². The summed E-state index contributed by atoms with van der Waals surface area (Å²) >= 11 is 0. The number of likely N-dealkylation sites (tertiary alicyclic amines) is 1. The molecule has 4 amide bonds. The number of carbonyl (C=O) groups excluding carboxylic acids is 3. The van der Waals surface area contributed by atoms with E-state index in [9.17, 15) is 18.8 Å². The van der Waals surface area contributed by atoms with Gasteiger partial charge in [-0.3, -0.25) is 14.5 Å². The van der Waals surface area contributed by atoms with Gasteiger partial charge in [0.15, 0.2) is 0 Å². The maximum Gasteiger partial charge on any atom is 0.325 e. The molecule has 2 heterocycles. The summed E-state index contributed by atoms with van der Waals surface area (Å²) in [6.45, 7) is 1.83.